The normalized spacial score (nSPS) is 13.9. The van der Waals surface area contributed by atoms with Gasteiger partial charge in [-0.3, -0.25) is 0 Å². The molecular weight excluding hydrogens is 246 g/mol. The first-order chi connectivity index (χ1) is 7.30. The van der Waals surface area contributed by atoms with Crippen LogP contribution in [0, 0.1) is 11.2 Å². The molecule has 1 aromatic rings. The molecule has 1 unspecified atom stereocenters. The van der Waals surface area contributed by atoms with Gasteiger partial charge in [0.05, 0.1) is 0 Å². The highest BCUT2D eigenvalue weighted by molar-refractivity contribution is 6.31. The van der Waals surface area contributed by atoms with Crippen molar-refractivity contribution in [3.8, 4) is 0 Å². The van der Waals surface area contributed by atoms with Crippen LogP contribution in [0.4, 0.5) is 4.39 Å². The number of rotatable bonds is 3. The van der Waals surface area contributed by atoms with Gasteiger partial charge in [-0.2, -0.15) is 0 Å². The lowest BCUT2D eigenvalue weighted by atomic mass is 9.88. The van der Waals surface area contributed by atoms with Crippen molar-refractivity contribution in [3.63, 3.8) is 0 Å². The maximum absolute atomic E-state index is 12.8. The Hall–Kier alpha value is -0.270. The van der Waals surface area contributed by atoms with Gasteiger partial charge in [0.15, 0.2) is 0 Å². The molecule has 1 atom stereocenters. The molecule has 0 aliphatic carbocycles. The molecule has 90 valence electrons. The Bertz CT molecular complexity index is 355. The second-order valence-corrected chi connectivity index (χ2v) is 6.04. The topological polar surface area (TPSA) is 0 Å². The van der Waals surface area contributed by atoms with Crippen LogP contribution in [0.5, 0.6) is 0 Å². The summed E-state index contributed by atoms with van der Waals surface area (Å²) in [5.41, 5.74) is 1.03. The molecule has 1 aromatic carbocycles. The van der Waals surface area contributed by atoms with Crippen molar-refractivity contribution in [2.75, 3.05) is 0 Å². The van der Waals surface area contributed by atoms with Crippen molar-refractivity contribution >= 4 is 23.2 Å². The second-order valence-electron chi connectivity index (χ2n) is 5.11. The molecule has 0 saturated heterocycles. The minimum Gasteiger partial charge on any atom is -0.207 e. The summed E-state index contributed by atoms with van der Waals surface area (Å²) in [7, 11) is 0. The average molecular weight is 263 g/mol. The van der Waals surface area contributed by atoms with Crippen molar-refractivity contribution in [2.24, 2.45) is 5.41 Å². The molecule has 0 amide bonds. The maximum atomic E-state index is 12.8. The maximum Gasteiger partial charge on any atom is 0.124 e. The fraction of sp³-hybridized carbons (Fsp3) is 0.538. The van der Waals surface area contributed by atoms with Gasteiger partial charge >= 0.3 is 0 Å². The summed E-state index contributed by atoms with van der Waals surface area (Å²) < 4.78 is 12.8. The molecule has 0 heterocycles. The summed E-state index contributed by atoms with van der Waals surface area (Å²) >= 11 is 12.2. The molecule has 0 aromatic heterocycles. The Morgan fingerprint density at radius 1 is 1.31 bits per heavy atom. The molecule has 0 aliphatic rings. The summed E-state index contributed by atoms with van der Waals surface area (Å²) in [6, 6.07) is 4.50. The number of hydrogen-bond donors (Lipinski definition) is 0. The van der Waals surface area contributed by atoms with Crippen molar-refractivity contribution < 1.29 is 4.39 Å². The number of hydrogen-bond acceptors (Lipinski definition) is 0. The Morgan fingerprint density at radius 3 is 2.44 bits per heavy atom. The van der Waals surface area contributed by atoms with Gasteiger partial charge in [0.25, 0.3) is 0 Å². The molecule has 3 heteroatoms. The van der Waals surface area contributed by atoms with Crippen LogP contribution in [0.1, 0.15) is 32.8 Å². The van der Waals surface area contributed by atoms with Crippen LogP contribution >= 0.6 is 23.2 Å². The van der Waals surface area contributed by atoms with Crippen molar-refractivity contribution in [2.45, 2.75) is 39.0 Å². The van der Waals surface area contributed by atoms with Gasteiger partial charge in [-0.25, -0.2) is 4.39 Å². The Labute approximate surface area is 107 Å². The minimum absolute atomic E-state index is 0.0774. The molecule has 0 aliphatic heterocycles. The van der Waals surface area contributed by atoms with Crippen LogP contribution < -0.4 is 0 Å². The molecule has 0 saturated carbocycles. The Kier molecular flexibility index (Phi) is 4.63. The standard InChI is InChI=1S/C13H17Cl2F/c1-13(2,3)12(15)7-5-9-4-6-10(16)8-11(9)14/h4,6,8,12H,5,7H2,1-3H3. The highest BCUT2D eigenvalue weighted by Crippen LogP contribution is 2.29. The molecule has 0 bridgehead atoms. The lowest BCUT2D eigenvalue weighted by Crippen LogP contribution is -2.21. The van der Waals surface area contributed by atoms with Gasteiger partial charge in [0.2, 0.25) is 0 Å². The second kappa shape index (κ2) is 5.37. The molecular formula is C13H17Cl2F. The first-order valence-corrected chi connectivity index (χ1v) is 6.20. The van der Waals surface area contributed by atoms with E-state index in [4.69, 9.17) is 23.2 Å². The Balaban J connectivity index is 2.62. The molecule has 16 heavy (non-hydrogen) atoms. The van der Waals surface area contributed by atoms with E-state index in [1.165, 1.54) is 12.1 Å². The number of benzene rings is 1. The monoisotopic (exact) mass is 262 g/mol. The molecule has 0 fully saturated rings. The van der Waals surface area contributed by atoms with Gasteiger partial charge in [-0.05, 0) is 36.0 Å². The van der Waals surface area contributed by atoms with Crippen LogP contribution in [0.25, 0.3) is 0 Å². The molecule has 0 nitrogen and oxygen atoms in total. The summed E-state index contributed by atoms with van der Waals surface area (Å²) in [4.78, 5) is 0. The third-order valence-corrected chi connectivity index (χ3v) is 3.85. The molecule has 0 N–H and O–H groups in total. The zero-order valence-electron chi connectivity index (χ0n) is 9.86. The Morgan fingerprint density at radius 2 is 1.94 bits per heavy atom. The van der Waals surface area contributed by atoms with Crippen molar-refractivity contribution in [1.82, 2.24) is 0 Å². The van der Waals surface area contributed by atoms with E-state index < -0.39 is 0 Å². The highest BCUT2D eigenvalue weighted by Gasteiger charge is 2.21. The number of halogens is 3. The van der Waals surface area contributed by atoms with E-state index in [-0.39, 0.29) is 16.6 Å². The quantitative estimate of drug-likeness (QED) is 0.668. The number of aryl methyl sites for hydroxylation is 1. The van der Waals surface area contributed by atoms with Gasteiger partial charge in [0.1, 0.15) is 5.82 Å². The highest BCUT2D eigenvalue weighted by atomic mass is 35.5. The largest absolute Gasteiger partial charge is 0.207 e. The zero-order chi connectivity index (χ0) is 12.3. The van der Waals surface area contributed by atoms with Gasteiger partial charge in [0, 0.05) is 10.4 Å². The van der Waals surface area contributed by atoms with Crippen LogP contribution in [-0.4, -0.2) is 5.38 Å². The van der Waals surface area contributed by atoms with Gasteiger partial charge < -0.3 is 0 Å². The van der Waals surface area contributed by atoms with Gasteiger partial charge in [-0.15, -0.1) is 11.6 Å². The first-order valence-electron chi connectivity index (χ1n) is 5.38. The van der Waals surface area contributed by atoms with Crippen LogP contribution in [0.2, 0.25) is 5.02 Å². The van der Waals surface area contributed by atoms with Gasteiger partial charge in [-0.1, -0.05) is 38.4 Å². The SMILES string of the molecule is CC(C)(C)C(Cl)CCc1ccc(F)cc1Cl. The summed E-state index contributed by atoms with van der Waals surface area (Å²) in [6.45, 7) is 6.32. The fourth-order valence-electron chi connectivity index (χ4n) is 1.44. The third kappa shape index (κ3) is 3.95. The summed E-state index contributed by atoms with van der Waals surface area (Å²) in [6.07, 6.45) is 1.63. The van der Waals surface area contributed by atoms with Crippen molar-refractivity contribution in [3.05, 3.63) is 34.6 Å². The molecule has 1 rings (SSSR count). The minimum atomic E-state index is -0.299. The average Bonchev–Trinajstić information content (AvgIpc) is 2.14. The van der Waals surface area contributed by atoms with E-state index in [2.05, 4.69) is 20.8 Å². The first kappa shape index (κ1) is 13.8. The van der Waals surface area contributed by atoms with Crippen LogP contribution in [0.15, 0.2) is 18.2 Å². The van der Waals surface area contributed by atoms with E-state index in [0.29, 0.717) is 5.02 Å². The van der Waals surface area contributed by atoms with E-state index in [0.717, 1.165) is 18.4 Å². The fourth-order valence-corrected chi connectivity index (χ4v) is 1.81. The smallest absolute Gasteiger partial charge is 0.124 e. The summed E-state index contributed by atoms with van der Waals surface area (Å²) in [5, 5.41) is 0.575. The van der Waals surface area contributed by atoms with Crippen LogP contribution in [-0.2, 0) is 6.42 Å². The van der Waals surface area contributed by atoms with Crippen molar-refractivity contribution in [1.29, 1.82) is 0 Å². The third-order valence-electron chi connectivity index (χ3n) is 2.62. The van der Waals surface area contributed by atoms with E-state index in [9.17, 15) is 4.39 Å². The lowest BCUT2D eigenvalue weighted by Gasteiger charge is -2.25. The zero-order valence-corrected chi connectivity index (χ0v) is 11.4. The predicted octanol–water partition coefficient (Wildman–Crippen LogP) is 5.07. The van der Waals surface area contributed by atoms with E-state index >= 15 is 0 Å². The number of alkyl halides is 1. The van der Waals surface area contributed by atoms with E-state index in [1.54, 1.807) is 6.07 Å². The predicted molar refractivity (Wildman–Crippen MR) is 68.8 cm³/mol. The summed E-state index contributed by atoms with van der Waals surface area (Å²) in [5.74, 6) is -0.299. The molecule has 0 radical (unpaired) electrons. The van der Waals surface area contributed by atoms with E-state index in [1.807, 2.05) is 0 Å². The van der Waals surface area contributed by atoms with Crippen LogP contribution in [0.3, 0.4) is 0 Å². The lowest BCUT2D eigenvalue weighted by molar-refractivity contribution is 0.374. The molecule has 0 spiro atoms.